The molecule has 0 radical (unpaired) electrons. The van der Waals surface area contributed by atoms with Crippen molar-refractivity contribution in [2.45, 2.75) is 50.7 Å². The number of halogens is 1. The van der Waals surface area contributed by atoms with Crippen molar-refractivity contribution < 1.29 is 23.5 Å². The first-order valence-electron chi connectivity index (χ1n) is 13.8. The summed E-state index contributed by atoms with van der Waals surface area (Å²) in [5.41, 5.74) is 5.46. The maximum Gasteiger partial charge on any atom is 0.415 e. The Morgan fingerprint density at radius 1 is 1.05 bits per heavy atom. The molecule has 0 N–H and O–H groups in total. The molecule has 3 aromatic rings. The highest BCUT2D eigenvalue weighted by atomic mass is 19.1. The SMILES string of the molecule is CCOc1cc(-c2ccc(F)cc2)c(C2CC2)cc1CN1CCC2(CC1)CN(c1ccc(C=O)cc1)C(=O)O2. The minimum atomic E-state index is -0.495. The maximum absolute atomic E-state index is 13.6. The lowest BCUT2D eigenvalue weighted by Crippen LogP contribution is -2.46. The first-order chi connectivity index (χ1) is 19.0. The molecule has 1 saturated carbocycles. The lowest BCUT2D eigenvalue weighted by molar-refractivity contribution is -0.00111. The summed E-state index contributed by atoms with van der Waals surface area (Å²) in [6.45, 7) is 5.47. The molecular formula is C32H33FN2O4. The second kappa shape index (κ2) is 10.5. The van der Waals surface area contributed by atoms with Crippen molar-refractivity contribution in [3.8, 4) is 16.9 Å². The van der Waals surface area contributed by atoms with Gasteiger partial charge in [0.2, 0.25) is 0 Å². The molecule has 0 atom stereocenters. The molecule has 2 saturated heterocycles. The lowest BCUT2D eigenvalue weighted by atomic mass is 9.90. The summed E-state index contributed by atoms with van der Waals surface area (Å²) >= 11 is 0. The van der Waals surface area contributed by atoms with E-state index in [9.17, 15) is 14.0 Å². The fourth-order valence-corrected chi connectivity index (χ4v) is 5.84. The molecule has 2 heterocycles. The number of ether oxygens (including phenoxy) is 2. The summed E-state index contributed by atoms with van der Waals surface area (Å²) in [4.78, 5) is 27.8. The number of nitrogens with zero attached hydrogens (tertiary/aromatic N) is 2. The Bertz CT molecular complexity index is 1360. The van der Waals surface area contributed by atoms with Crippen LogP contribution in [0.4, 0.5) is 14.9 Å². The molecule has 1 amide bonds. The zero-order valence-corrected chi connectivity index (χ0v) is 22.2. The van der Waals surface area contributed by atoms with Gasteiger partial charge >= 0.3 is 6.09 Å². The van der Waals surface area contributed by atoms with Crippen LogP contribution in [-0.4, -0.2) is 49.1 Å². The first kappa shape index (κ1) is 25.6. The van der Waals surface area contributed by atoms with Crippen molar-refractivity contribution in [3.05, 3.63) is 83.2 Å². The number of likely N-dealkylation sites (tertiary alicyclic amines) is 1. The molecule has 0 bridgehead atoms. The van der Waals surface area contributed by atoms with E-state index in [0.29, 0.717) is 24.6 Å². The van der Waals surface area contributed by atoms with Crippen molar-refractivity contribution in [1.82, 2.24) is 4.90 Å². The van der Waals surface area contributed by atoms with Crippen LogP contribution in [0.25, 0.3) is 11.1 Å². The average Bonchev–Trinajstić information content (AvgIpc) is 3.75. The molecule has 7 heteroatoms. The Morgan fingerprint density at radius 2 is 1.77 bits per heavy atom. The van der Waals surface area contributed by atoms with Gasteiger partial charge in [-0.3, -0.25) is 14.6 Å². The van der Waals surface area contributed by atoms with Gasteiger partial charge in [-0.1, -0.05) is 12.1 Å². The van der Waals surface area contributed by atoms with Gasteiger partial charge in [0.25, 0.3) is 0 Å². The van der Waals surface area contributed by atoms with E-state index < -0.39 is 5.60 Å². The van der Waals surface area contributed by atoms with Crippen LogP contribution >= 0.6 is 0 Å². The quantitative estimate of drug-likeness (QED) is 0.310. The van der Waals surface area contributed by atoms with Crippen LogP contribution in [0.15, 0.2) is 60.7 Å². The van der Waals surface area contributed by atoms with Gasteiger partial charge in [0.05, 0.1) is 13.2 Å². The molecule has 0 unspecified atom stereocenters. The van der Waals surface area contributed by atoms with E-state index in [1.807, 2.05) is 19.1 Å². The predicted molar refractivity (Wildman–Crippen MR) is 148 cm³/mol. The van der Waals surface area contributed by atoms with E-state index in [2.05, 4.69) is 17.0 Å². The smallest absolute Gasteiger partial charge is 0.415 e. The Labute approximate surface area is 228 Å². The third-order valence-corrected chi connectivity index (χ3v) is 8.18. The fourth-order valence-electron chi connectivity index (χ4n) is 5.84. The normalized spacial score (nSPS) is 18.8. The van der Waals surface area contributed by atoms with E-state index in [1.165, 1.54) is 36.1 Å². The van der Waals surface area contributed by atoms with E-state index in [0.717, 1.165) is 61.3 Å². The summed E-state index contributed by atoms with van der Waals surface area (Å²) in [6, 6.07) is 18.2. The number of benzene rings is 3. The average molecular weight is 529 g/mol. The molecule has 6 rings (SSSR count). The van der Waals surface area contributed by atoms with E-state index >= 15 is 0 Å². The number of aldehydes is 1. The predicted octanol–water partition coefficient (Wildman–Crippen LogP) is 6.57. The maximum atomic E-state index is 13.6. The van der Waals surface area contributed by atoms with Gasteiger partial charge in [0.1, 0.15) is 23.5 Å². The molecule has 3 aromatic carbocycles. The Morgan fingerprint density at radius 3 is 2.41 bits per heavy atom. The molecular weight excluding hydrogens is 495 g/mol. The number of hydrogen-bond donors (Lipinski definition) is 0. The fraction of sp³-hybridized carbons (Fsp3) is 0.375. The van der Waals surface area contributed by atoms with Crippen LogP contribution < -0.4 is 9.64 Å². The minimum Gasteiger partial charge on any atom is -0.494 e. The summed E-state index contributed by atoms with van der Waals surface area (Å²) in [6.07, 6.45) is 4.33. The number of amides is 1. The molecule has 3 fully saturated rings. The monoisotopic (exact) mass is 528 g/mol. The van der Waals surface area contributed by atoms with Gasteiger partial charge in [-0.25, -0.2) is 9.18 Å². The number of carbonyl (C=O) groups excluding carboxylic acids is 2. The number of anilines is 1. The van der Waals surface area contributed by atoms with Crippen molar-refractivity contribution >= 4 is 18.1 Å². The highest BCUT2D eigenvalue weighted by Gasteiger charge is 2.47. The van der Waals surface area contributed by atoms with E-state index in [4.69, 9.17) is 9.47 Å². The van der Waals surface area contributed by atoms with E-state index in [-0.39, 0.29) is 11.9 Å². The Kier molecular flexibility index (Phi) is 6.85. The van der Waals surface area contributed by atoms with Crippen molar-refractivity contribution in [1.29, 1.82) is 0 Å². The van der Waals surface area contributed by atoms with E-state index in [1.54, 1.807) is 29.2 Å². The van der Waals surface area contributed by atoms with Crippen LogP contribution in [0, 0.1) is 5.82 Å². The topological polar surface area (TPSA) is 59.1 Å². The summed E-state index contributed by atoms with van der Waals surface area (Å²) in [7, 11) is 0. The standard InChI is InChI=1S/C32H33FN2O4/c1-2-38-30-18-29(24-7-9-26(33)10-8-24)28(23-5-6-23)17-25(30)19-34-15-13-32(14-16-34)21-35(31(37)39-32)27-11-3-22(20-36)4-12-27/h3-4,7-12,17-18,20,23H,2,5-6,13-16,19,21H2,1H3. The van der Waals surface area contributed by atoms with Gasteiger partial charge in [-0.05, 0) is 90.9 Å². The third kappa shape index (κ3) is 5.28. The van der Waals surface area contributed by atoms with Crippen LogP contribution in [-0.2, 0) is 11.3 Å². The number of piperidine rings is 1. The van der Waals surface area contributed by atoms with Crippen LogP contribution in [0.2, 0.25) is 0 Å². The van der Waals surface area contributed by atoms with Gasteiger partial charge in [-0.15, -0.1) is 0 Å². The highest BCUT2D eigenvalue weighted by Crippen LogP contribution is 2.47. The second-order valence-corrected chi connectivity index (χ2v) is 10.9. The Balaban J connectivity index is 1.18. The molecule has 1 aliphatic carbocycles. The van der Waals surface area contributed by atoms with Crippen molar-refractivity contribution in [2.24, 2.45) is 0 Å². The Hall–Kier alpha value is -3.71. The summed E-state index contributed by atoms with van der Waals surface area (Å²) in [5.74, 6) is 1.18. The number of rotatable bonds is 8. The largest absolute Gasteiger partial charge is 0.494 e. The zero-order valence-electron chi connectivity index (χ0n) is 22.2. The summed E-state index contributed by atoms with van der Waals surface area (Å²) < 4.78 is 25.6. The molecule has 39 heavy (non-hydrogen) atoms. The molecule has 1 spiro atoms. The summed E-state index contributed by atoms with van der Waals surface area (Å²) in [5, 5.41) is 0. The first-order valence-corrected chi connectivity index (χ1v) is 13.8. The van der Waals surface area contributed by atoms with Crippen molar-refractivity contribution in [2.75, 3.05) is 31.1 Å². The van der Waals surface area contributed by atoms with Gasteiger partial charge < -0.3 is 9.47 Å². The zero-order chi connectivity index (χ0) is 27.0. The van der Waals surface area contributed by atoms with Crippen LogP contribution in [0.3, 0.4) is 0 Å². The highest BCUT2D eigenvalue weighted by molar-refractivity contribution is 5.91. The third-order valence-electron chi connectivity index (χ3n) is 8.18. The molecule has 3 aliphatic rings. The number of hydrogen-bond acceptors (Lipinski definition) is 5. The second-order valence-electron chi connectivity index (χ2n) is 10.9. The minimum absolute atomic E-state index is 0.233. The van der Waals surface area contributed by atoms with Gasteiger partial charge in [0.15, 0.2) is 0 Å². The molecule has 6 nitrogen and oxygen atoms in total. The van der Waals surface area contributed by atoms with Crippen LogP contribution in [0.1, 0.15) is 60.0 Å². The lowest BCUT2D eigenvalue weighted by Gasteiger charge is -2.37. The molecule has 202 valence electrons. The number of carbonyl (C=O) groups is 2. The van der Waals surface area contributed by atoms with Crippen molar-refractivity contribution in [3.63, 3.8) is 0 Å². The molecule has 2 aliphatic heterocycles. The van der Waals surface area contributed by atoms with Gasteiger partial charge in [0, 0.05) is 49.3 Å². The van der Waals surface area contributed by atoms with Gasteiger partial charge in [-0.2, -0.15) is 0 Å². The van der Waals surface area contributed by atoms with Crippen LogP contribution in [0.5, 0.6) is 5.75 Å². The molecule has 0 aromatic heterocycles.